The monoisotopic (exact) mass is 200 g/mol. The Bertz CT molecular complexity index is 314. The van der Waals surface area contributed by atoms with E-state index >= 15 is 0 Å². The lowest BCUT2D eigenvalue weighted by molar-refractivity contribution is 0.157. The van der Waals surface area contributed by atoms with Crippen molar-refractivity contribution in [1.29, 1.82) is 0 Å². The molecule has 0 bridgehead atoms. The maximum atomic E-state index is 10.6. The Morgan fingerprint density at radius 2 is 1.29 bits per heavy atom. The summed E-state index contributed by atoms with van der Waals surface area (Å²) in [7, 11) is 0. The van der Waals surface area contributed by atoms with Gasteiger partial charge in [-0.25, -0.2) is 9.59 Å². The molecule has 0 spiro atoms. The average Bonchev–Trinajstić information content (AvgIpc) is 2.07. The SMILES string of the molecule is CC1=NN(C(=O)O)C(C)=NN1C(=O)O. The molecule has 0 saturated carbocycles. The summed E-state index contributed by atoms with van der Waals surface area (Å²) in [6.07, 6.45) is -2.62. The Kier molecular flexibility index (Phi) is 2.36. The van der Waals surface area contributed by atoms with Crippen molar-refractivity contribution in [2.75, 3.05) is 0 Å². The lowest BCUT2D eigenvalue weighted by Crippen LogP contribution is -2.41. The maximum Gasteiger partial charge on any atom is 0.434 e. The fourth-order valence-electron chi connectivity index (χ4n) is 0.881. The molecule has 0 fully saturated rings. The van der Waals surface area contributed by atoms with E-state index < -0.39 is 12.2 Å². The standard InChI is InChI=1S/C6H8N4O4/c1-3-7-10(6(13)14)4(2)8-9(3)5(11)12/h1-2H3,(H,11,12)(H,13,14). The predicted octanol–water partition coefficient (Wildman–Crippen LogP) is 0.627. The van der Waals surface area contributed by atoms with Gasteiger partial charge in [0.2, 0.25) is 0 Å². The van der Waals surface area contributed by atoms with Crippen molar-refractivity contribution in [3.8, 4) is 0 Å². The highest BCUT2D eigenvalue weighted by molar-refractivity contribution is 6.01. The molecule has 0 unspecified atom stereocenters. The van der Waals surface area contributed by atoms with Crippen molar-refractivity contribution in [3.63, 3.8) is 0 Å². The van der Waals surface area contributed by atoms with Gasteiger partial charge < -0.3 is 10.2 Å². The minimum Gasteiger partial charge on any atom is -0.463 e. The Morgan fingerprint density at radius 1 is 1.00 bits per heavy atom. The number of amidine groups is 2. The summed E-state index contributed by atoms with van der Waals surface area (Å²) in [6.45, 7) is 2.69. The Labute approximate surface area is 78.7 Å². The minimum atomic E-state index is -1.31. The summed E-state index contributed by atoms with van der Waals surface area (Å²) in [6, 6.07) is 0. The quantitative estimate of drug-likeness (QED) is 0.597. The summed E-state index contributed by atoms with van der Waals surface area (Å²) in [5.74, 6) is -0.0454. The second-order valence-electron chi connectivity index (χ2n) is 2.48. The molecule has 0 aromatic carbocycles. The molecule has 0 aromatic rings. The summed E-state index contributed by atoms with van der Waals surface area (Å²) in [5, 5.41) is 25.5. The van der Waals surface area contributed by atoms with Crippen LogP contribution in [0.1, 0.15) is 13.8 Å². The van der Waals surface area contributed by atoms with Gasteiger partial charge in [-0.15, -0.1) is 20.2 Å². The molecule has 2 amide bonds. The van der Waals surface area contributed by atoms with E-state index in [9.17, 15) is 9.59 Å². The van der Waals surface area contributed by atoms with Crippen LogP contribution in [0.3, 0.4) is 0 Å². The van der Waals surface area contributed by atoms with Crippen LogP contribution in [-0.4, -0.2) is 44.1 Å². The third kappa shape index (κ3) is 1.63. The molecule has 8 heteroatoms. The summed E-state index contributed by atoms with van der Waals surface area (Å²) in [5.41, 5.74) is 0. The van der Waals surface area contributed by atoms with Crippen LogP contribution in [0.25, 0.3) is 0 Å². The van der Waals surface area contributed by atoms with E-state index in [1.165, 1.54) is 13.8 Å². The number of carbonyl (C=O) groups is 2. The Hall–Kier alpha value is -2.12. The normalized spacial score (nSPS) is 16.1. The van der Waals surface area contributed by atoms with Crippen molar-refractivity contribution in [1.82, 2.24) is 10.0 Å². The first kappa shape index (κ1) is 9.96. The molecule has 1 aliphatic heterocycles. The molecule has 0 aromatic heterocycles. The third-order valence-corrected chi connectivity index (χ3v) is 1.46. The van der Waals surface area contributed by atoms with Crippen molar-refractivity contribution in [2.45, 2.75) is 13.8 Å². The van der Waals surface area contributed by atoms with E-state index in [4.69, 9.17) is 10.2 Å². The van der Waals surface area contributed by atoms with Crippen LogP contribution in [0, 0.1) is 0 Å². The molecule has 2 N–H and O–H groups in total. The van der Waals surface area contributed by atoms with Gasteiger partial charge in [0.25, 0.3) is 0 Å². The lowest BCUT2D eigenvalue weighted by atomic mass is 10.6. The summed E-state index contributed by atoms with van der Waals surface area (Å²) >= 11 is 0. The van der Waals surface area contributed by atoms with Gasteiger partial charge in [-0.1, -0.05) is 0 Å². The van der Waals surface area contributed by atoms with Crippen LogP contribution in [0.2, 0.25) is 0 Å². The number of hydrogen-bond donors (Lipinski definition) is 2. The molecule has 8 nitrogen and oxygen atoms in total. The number of rotatable bonds is 0. The van der Waals surface area contributed by atoms with E-state index in [2.05, 4.69) is 10.2 Å². The van der Waals surface area contributed by atoms with Crippen LogP contribution < -0.4 is 0 Å². The first-order chi connectivity index (χ1) is 6.43. The highest BCUT2D eigenvalue weighted by atomic mass is 16.4. The summed E-state index contributed by atoms with van der Waals surface area (Å²) < 4.78 is 0. The first-order valence-corrected chi connectivity index (χ1v) is 3.60. The second kappa shape index (κ2) is 3.32. The molecule has 0 aliphatic carbocycles. The average molecular weight is 200 g/mol. The zero-order valence-electron chi connectivity index (χ0n) is 7.50. The van der Waals surface area contributed by atoms with Gasteiger partial charge >= 0.3 is 12.2 Å². The molecular weight excluding hydrogens is 192 g/mol. The van der Waals surface area contributed by atoms with Gasteiger partial charge in [0.1, 0.15) is 0 Å². The lowest BCUT2D eigenvalue weighted by Gasteiger charge is -2.23. The van der Waals surface area contributed by atoms with E-state index in [1.54, 1.807) is 0 Å². The zero-order valence-corrected chi connectivity index (χ0v) is 7.50. The second-order valence-corrected chi connectivity index (χ2v) is 2.48. The molecule has 1 rings (SSSR count). The van der Waals surface area contributed by atoms with Gasteiger partial charge in [0, 0.05) is 0 Å². The van der Waals surface area contributed by atoms with Crippen LogP contribution in [0.5, 0.6) is 0 Å². The first-order valence-electron chi connectivity index (χ1n) is 3.60. The third-order valence-electron chi connectivity index (χ3n) is 1.46. The fourth-order valence-corrected chi connectivity index (χ4v) is 0.881. The maximum absolute atomic E-state index is 10.6. The number of hydrazone groups is 2. The van der Waals surface area contributed by atoms with Gasteiger partial charge in [0.05, 0.1) is 0 Å². The van der Waals surface area contributed by atoms with Gasteiger partial charge in [-0.2, -0.15) is 0 Å². The molecule has 1 heterocycles. The predicted molar refractivity (Wildman–Crippen MR) is 45.9 cm³/mol. The Morgan fingerprint density at radius 3 is 1.50 bits per heavy atom. The fraction of sp³-hybridized carbons (Fsp3) is 0.333. The van der Waals surface area contributed by atoms with Gasteiger partial charge in [-0.3, -0.25) is 0 Å². The molecule has 0 radical (unpaired) electrons. The zero-order chi connectivity index (χ0) is 10.9. The van der Waals surface area contributed by atoms with Crippen LogP contribution in [-0.2, 0) is 0 Å². The minimum absolute atomic E-state index is 0.0227. The van der Waals surface area contributed by atoms with Gasteiger partial charge in [0.15, 0.2) is 11.7 Å². The molecular formula is C6H8N4O4. The number of hydrogen-bond acceptors (Lipinski definition) is 4. The molecule has 76 valence electrons. The number of amides is 2. The molecule has 1 aliphatic rings. The Balaban J connectivity index is 3.01. The highest BCUT2D eigenvalue weighted by Crippen LogP contribution is 2.07. The molecule has 0 atom stereocenters. The van der Waals surface area contributed by atoms with Crippen molar-refractivity contribution >= 4 is 23.9 Å². The number of nitrogens with zero attached hydrogens (tertiary/aromatic N) is 4. The van der Waals surface area contributed by atoms with Crippen molar-refractivity contribution in [3.05, 3.63) is 0 Å². The van der Waals surface area contributed by atoms with Crippen molar-refractivity contribution < 1.29 is 19.8 Å². The van der Waals surface area contributed by atoms with Crippen molar-refractivity contribution in [2.24, 2.45) is 10.2 Å². The topological polar surface area (TPSA) is 106 Å². The van der Waals surface area contributed by atoms with Crippen LogP contribution >= 0.6 is 0 Å². The molecule has 14 heavy (non-hydrogen) atoms. The van der Waals surface area contributed by atoms with E-state index in [-0.39, 0.29) is 11.7 Å². The van der Waals surface area contributed by atoms with E-state index in [0.29, 0.717) is 10.0 Å². The van der Waals surface area contributed by atoms with E-state index in [1.807, 2.05) is 0 Å². The number of carboxylic acid groups (broad SMARTS) is 2. The van der Waals surface area contributed by atoms with Crippen LogP contribution in [0.4, 0.5) is 9.59 Å². The van der Waals surface area contributed by atoms with E-state index in [0.717, 1.165) is 0 Å². The smallest absolute Gasteiger partial charge is 0.434 e. The summed E-state index contributed by atoms with van der Waals surface area (Å²) in [4.78, 5) is 21.1. The molecule has 0 saturated heterocycles. The highest BCUT2D eigenvalue weighted by Gasteiger charge is 2.25. The van der Waals surface area contributed by atoms with Gasteiger partial charge in [-0.05, 0) is 13.8 Å². The largest absolute Gasteiger partial charge is 0.463 e. The van der Waals surface area contributed by atoms with Crippen LogP contribution in [0.15, 0.2) is 10.2 Å².